The molecule has 0 aromatic heterocycles. The Labute approximate surface area is 88.1 Å². The first-order valence-electron chi connectivity index (χ1n) is 4.61. The van der Waals surface area contributed by atoms with E-state index in [1.807, 2.05) is 30.3 Å². The first-order chi connectivity index (χ1) is 7.09. The Kier molecular flexibility index (Phi) is 3.85. The van der Waals surface area contributed by atoms with Gasteiger partial charge in [0.2, 0.25) is 5.91 Å². The highest BCUT2D eigenvalue weighted by Crippen LogP contribution is 2.04. The Morgan fingerprint density at radius 3 is 2.33 bits per heavy atom. The number of rotatable bonds is 4. The highest BCUT2D eigenvalue weighted by molar-refractivity contribution is 5.79. The van der Waals surface area contributed by atoms with E-state index in [2.05, 4.69) is 0 Å². The standard InChI is InChI=1S/C11H13NO3/c1-9(13)12(8-11(14)15)7-10-5-3-2-4-6-10/h2-6H,7-8H2,1H3,(H,14,15). The van der Waals surface area contributed by atoms with Crippen LogP contribution in [0.2, 0.25) is 0 Å². The molecular formula is C11H13NO3. The summed E-state index contributed by atoms with van der Waals surface area (Å²) in [5.41, 5.74) is 0.925. The third-order valence-electron chi connectivity index (χ3n) is 1.99. The molecule has 1 amide bonds. The van der Waals surface area contributed by atoms with Crippen LogP contribution in [-0.2, 0) is 16.1 Å². The van der Waals surface area contributed by atoms with E-state index in [9.17, 15) is 9.59 Å². The molecule has 15 heavy (non-hydrogen) atoms. The average Bonchev–Trinajstić information content (AvgIpc) is 2.17. The van der Waals surface area contributed by atoms with E-state index < -0.39 is 5.97 Å². The molecule has 1 aromatic rings. The lowest BCUT2D eigenvalue weighted by molar-refractivity contribution is -0.144. The Morgan fingerprint density at radius 1 is 1.27 bits per heavy atom. The molecular weight excluding hydrogens is 194 g/mol. The molecule has 1 rings (SSSR count). The summed E-state index contributed by atoms with van der Waals surface area (Å²) in [5, 5.41) is 8.62. The second kappa shape index (κ2) is 5.14. The number of nitrogens with zero attached hydrogens (tertiary/aromatic N) is 1. The number of aliphatic carboxylic acids is 1. The third kappa shape index (κ3) is 3.81. The van der Waals surface area contributed by atoms with Crippen molar-refractivity contribution in [3.05, 3.63) is 35.9 Å². The van der Waals surface area contributed by atoms with Crippen LogP contribution in [0.4, 0.5) is 0 Å². The SMILES string of the molecule is CC(=O)N(CC(=O)O)Cc1ccccc1. The predicted octanol–water partition coefficient (Wildman–Crippen LogP) is 1.12. The highest BCUT2D eigenvalue weighted by atomic mass is 16.4. The van der Waals surface area contributed by atoms with Gasteiger partial charge in [0.1, 0.15) is 6.54 Å². The van der Waals surface area contributed by atoms with Gasteiger partial charge in [0, 0.05) is 13.5 Å². The summed E-state index contributed by atoms with van der Waals surface area (Å²) >= 11 is 0. The number of carbonyl (C=O) groups excluding carboxylic acids is 1. The molecule has 0 aliphatic carbocycles. The summed E-state index contributed by atoms with van der Waals surface area (Å²) < 4.78 is 0. The molecule has 0 saturated heterocycles. The fourth-order valence-corrected chi connectivity index (χ4v) is 1.25. The van der Waals surface area contributed by atoms with Crippen molar-refractivity contribution in [1.29, 1.82) is 0 Å². The van der Waals surface area contributed by atoms with Gasteiger partial charge in [-0.25, -0.2) is 0 Å². The van der Waals surface area contributed by atoms with Gasteiger partial charge in [0.05, 0.1) is 0 Å². The largest absolute Gasteiger partial charge is 0.480 e. The second-order valence-corrected chi connectivity index (χ2v) is 3.25. The normalized spacial score (nSPS) is 9.67. The number of amides is 1. The van der Waals surface area contributed by atoms with Crippen LogP contribution in [0.1, 0.15) is 12.5 Å². The molecule has 0 heterocycles. The lowest BCUT2D eigenvalue weighted by atomic mass is 10.2. The summed E-state index contributed by atoms with van der Waals surface area (Å²) in [4.78, 5) is 22.9. The van der Waals surface area contributed by atoms with Crippen LogP contribution in [-0.4, -0.2) is 28.4 Å². The zero-order valence-electron chi connectivity index (χ0n) is 8.51. The van der Waals surface area contributed by atoms with Crippen LogP contribution in [0, 0.1) is 0 Å². The first-order valence-corrected chi connectivity index (χ1v) is 4.61. The molecule has 0 bridgehead atoms. The molecule has 1 aromatic carbocycles. The molecule has 0 fully saturated rings. The van der Waals surface area contributed by atoms with Crippen molar-refractivity contribution in [2.75, 3.05) is 6.54 Å². The summed E-state index contributed by atoms with van der Waals surface area (Å²) in [6, 6.07) is 9.30. The summed E-state index contributed by atoms with van der Waals surface area (Å²) in [6.45, 7) is 1.44. The Balaban J connectivity index is 2.67. The maximum atomic E-state index is 11.1. The van der Waals surface area contributed by atoms with Crippen LogP contribution in [0.25, 0.3) is 0 Å². The quantitative estimate of drug-likeness (QED) is 0.804. The number of hydrogen-bond acceptors (Lipinski definition) is 2. The monoisotopic (exact) mass is 207 g/mol. The molecule has 0 saturated carbocycles. The minimum absolute atomic E-state index is 0.235. The van der Waals surface area contributed by atoms with E-state index in [4.69, 9.17) is 5.11 Å². The Hall–Kier alpha value is -1.84. The van der Waals surface area contributed by atoms with E-state index in [1.54, 1.807) is 0 Å². The third-order valence-corrected chi connectivity index (χ3v) is 1.99. The van der Waals surface area contributed by atoms with Gasteiger partial charge in [-0.15, -0.1) is 0 Å². The molecule has 0 unspecified atom stereocenters. The number of carbonyl (C=O) groups is 2. The number of carboxylic acid groups (broad SMARTS) is 1. The molecule has 4 nitrogen and oxygen atoms in total. The van der Waals surface area contributed by atoms with Crippen LogP contribution < -0.4 is 0 Å². The van der Waals surface area contributed by atoms with E-state index >= 15 is 0 Å². The van der Waals surface area contributed by atoms with Crippen molar-refractivity contribution in [3.63, 3.8) is 0 Å². The molecule has 80 valence electrons. The topological polar surface area (TPSA) is 57.6 Å². The van der Waals surface area contributed by atoms with E-state index in [-0.39, 0.29) is 12.5 Å². The van der Waals surface area contributed by atoms with Gasteiger partial charge in [-0.1, -0.05) is 30.3 Å². The van der Waals surface area contributed by atoms with Crippen LogP contribution in [0.5, 0.6) is 0 Å². The number of carboxylic acids is 1. The fourth-order valence-electron chi connectivity index (χ4n) is 1.25. The number of benzene rings is 1. The maximum Gasteiger partial charge on any atom is 0.323 e. The van der Waals surface area contributed by atoms with Crippen molar-refractivity contribution in [2.45, 2.75) is 13.5 Å². The number of hydrogen-bond donors (Lipinski definition) is 1. The molecule has 1 N–H and O–H groups in total. The predicted molar refractivity (Wildman–Crippen MR) is 55.2 cm³/mol. The van der Waals surface area contributed by atoms with Crippen LogP contribution in [0.15, 0.2) is 30.3 Å². The average molecular weight is 207 g/mol. The Bertz CT molecular complexity index is 348. The van der Waals surface area contributed by atoms with E-state index in [0.29, 0.717) is 6.54 Å². The Morgan fingerprint density at radius 2 is 1.87 bits per heavy atom. The molecule has 0 aliphatic rings. The van der Waals surface area contributed by atoms with Gasteiger partial charge >= 0.3 is 5.97 Å². The summed E-state index contributed by atoms with van der Waals surface area (Å²) in [5.74, 6) is -1.23. The van der Waals surface area contributed by atoms with Gasteiger partial charge in [-0.2, -0.15) is 0 Å². The highest BCUT2D eigenvalue weighted by Gasteiger charge is 2.12. The molecule has 4 heteroatoms. The zero-order chi connectivity index (χ0) is 11.3. The van der Waals surface area contributed by atoms with Crippen LogP contribution >= 0.6 is 0 Å². The molecule has 0 aliphatic heterocycles. The van der Waals surface area contributed by atoms with Crippen molar-refractivity contribution in [3.8, 4) is 0 Å². The second-order valence-electron chi connectivity index (χ2n) is 3.25. The van der Waals surface area contributed by atoms with E-state index in [0.717, 1.165) is 5.56 Å². The minimum atomic E-state index is -0.999. The first kappa shape index (κ1) is 11.2. The zero-order valence-corrected chi connectivity index (χ0v) is 8.51. The smallest absolute Gasteiger partial charge is 0.323 e. The van der Waals surface area contributed by atoms with Crippen molar-refractivity contribution >= 4 is 11.9 Å². The molecule has 0 radical (unpaired) electrons. The van der Waals surface area contributed by atoms with Gasteiger partial charge in [-0.3, -0.25) is 9.59 Å². The van der Waals surface area contributed by atoms with Gasteiger partial charge in [-0.05, 0) is 5.56 Å². The van der Waals surface area contributed by atoms with Gasteiger partial charge in [0.15, 0.2) is 0 Å². The minimum Gasteiger partial charge on any atom is -0.480 e. The van der Waals surface area contributed by atoms with Gasteiger partial charge in [0.25, 0.3) is 0 Å². The lowest BCUT2D eigenvalue weighted by Crippen LogP contribution is -2.33. The molecule has 0 atom stereocenters. The summed E-state index contributed by atoms with van der Waals surface area (Å²) in [6.07, 6.45) is 0. The van der Waals surface area contributed by atoms with Crippen molar-refractivity contribution in [1.82, 2.24) is 4.90 Å². The summed E-state index contributed by atoms with van der Waals surface area (Å²) in [7, 11) is 0. The molecule has 0 spiro atoms. The lowest BCUT2D eigenvalue weighted by Gasteiger charge is -2.18. The van der Waals surface area contributed by atoms with Crippen molar-refractivity contribution < 1.29 is 14.7 Å². The van der Waals surface area contributed by atoms with E-state index in [1.165, 1.54) is 11.8 Å². The van der Waals surface area contributed by atoms with Crippen molar-refractivity contribution in [2.24, 2.45) is 0 Å². The van der Waals surface area contributed by atoms with Crippen LogP contribution in [0.3, 0.4) is 0 Å². The maximum absolute atomic E-state index is 11.1. The van der Waals surface area contributed by atoms with Gasteiger partial charge < -0.3 is 10.0 Å². The fraction of sp³-hybridized carbons (Fsp3) is 0.273.